The van der Waals surface area contributed by atoms with Crippen LogP contribution in [0.15, 0.2) is 0 Å². The molecule has 2 heteroatoms. The van der Waals surface area contributed by atoms with E-state index in [1.807, 2.05) is 0 Å². The van der Waals surface area contributed by atoms with Crippen LogP contribution in [0.25, 0.3) is 0 Å². The fraction of sp³-hybridized carbons (Fsp3) is 1.00. The molecule has 0 spiro atoms. The second-order valence-corrected chi connectivity index (χ2v) is 7.29. The van der Waals surface area contributed by atoms with E-state index in [1.165, 1.54) is 103 Å². The summed E-state index contributed by atoms with van der Waals surface area (Å²) in [5.74, 6) is 0.610. The Hall–Kier alpha value is 0.310. The van der Waals surface area contributed by atoms with Crippen molar-refractivity contribution in [2.24, 2.45) is 0 Å². The van der Waals surface area contributed by atoms with E-state index < -0.39 is 0 Å². The van der Waals surface area contributed by atoms with E-state index in [0.717, 1.165) is 6.42 Å². The van der Waals surface area contributed by atoms with Gasteiger partial charge in [0.1, 0.15) is 0 Å². The van der Waals surface area contributed by atoms with Crippen molar-refractivity contribution in [3.63, 3.8) is 0 Å². The van der Waals surface area contributed by atoms with Gasteiger partial charge in [-0.15, -0.1) is 0 Å². The first-order valence-corrected chi connectivity index (χ1v) is 10.7. The lowest BCUT2D eigenvalue weighted by Gasteiger charge is -2.06. The molecule has 0 radical (unpaired) electrons. The van der Waals surface area contributed by atoms with E-state index >= 15 is 0 Å². The molecule has 0 rings (SSSR count). The maximum Gasteiger partial charge on any atom is 0.0628 e. The summed E-state index contributed by atoms with van der Waals surface area (Å²) in [6.45, 7) is 2.29. The Labute approximate surface area is 146 Å². The first-order valence-electron chi connectivity index (χ1n) is 10.1. The molecular formula is C20H42OS. The molecule has 0 saturated heterocycles. The summed E-state index contributed by atoms with van der Waals surface area (Å²) in [6, 6.07) is 0. The van der Waals surface area contributed by atoms with Crippen molar-refractivity contribution < 1.29 is 5.11 Å². The number of unbranched alkanes of at least 4 members (excludes halogenated alkanes) is 15. The van der Waals surface area contributed by atoms with Crippen molar-refractivity contribution in [2.75, 3.05) is 5.75 Å². The maximum absolute atomic E-state index is 9.40. The molecule has 0 amide bonds. The molecule has 22 heavy (non-hydrogen) atoms. The third kappa shape index (κ3) is 18.4. The number of thiol groups is 1. The molecule has 134 valence electrons. The molecule has 1 N–H and O–H groups in total. The van der Waals surface area contributed by atoms with Crippen LogP contribution in [0, 0.1) is 0 Å². The normalized spacial score (nSPS) is 12.7. The molecule has 0 aromatic heterocycles. The van der Waals surface area contributed by atoms with Crippen LogP contribution >= 0.6 is 12.6 Å². The summed E-state index contributed by atoms with van der Waals surface area (Å²) in [5, 5.41) is 9.40. The van der Waals surface area contributed by atoms with Crippen LogP contribution in [0.1, 0.15) is 116 Å². The Balaban J connectivity index is 2.97. The lowest BCUT2D eigenvalue weighted by atomic mass is 10.0. The summed E-state index contributed by atoms with van der Waals surface area (Å²) in [6.07, 6.45) is 23.2. The Bertz CT molecular complexity index is 196. The lowest BCUT2D eigenvalue weighted by molar-refractivity contribution is 0.185. The maximum atomic E-state index is 9.40. The van der Waals surface area contributed by atoms with Gasteiger partial charge in [-0.2, -0.15) is 12.6 Å². The number of hydrogen-bond acceptors (Lipinski definition) is 2. The number of rotatable bonds is 18. The molecule has 1 unspecified atom stereocenters. The van der Waals surface area contributed by atoms with Gasteiger partial charge in [-0.3, -0.25) is 0 Å². The van der Waals surface area contributed by atoms with Gasteiger partial charge in [-0.1, -0.05) is 110 Å². The van der Waals surface area contributed by atoms with E-state index in [9.17, 15) is 5.11 Å². The highest BCUT2D eigenvalue weighted by molar-refractivity contribution is 7.80. The molecular weight excluding hydrogens is 288 g/mol. The summed E-state index contributed by atoms with van der Waals surface area (Å²) < 4.78 is 0. The minimum absolute atomic E-state index is 0.185. The third-order valence-electron chi connectivity index (χ3n) is 4.60. The molecule has 0 aliphatic rings. The van der Waals surface area contributed by atoms with Gasteiger partial charge in [0.2, 0.25) is 0 Å². The largest absolute Gasteiger partial charge is 0.392 e. The monoisotopic (exact) mass is 330 g/mol. The molecule has 0 aromatic carbocycles. The molecule has 1 atom stereocenters. The van der Waals surface area contributed by atoms with Crippen LogP contribution in [-0.4, -0.2) is 17.0 Å². The van der Waals surface area contributed by atoms with E-state index in [2.05, 4.69) is 19.6 Å². The number of aliphatic hydroxyl groups excluding tert-OH is 1. The van der Waals surface area contributed by atoms with Gasteiger partial charge in [-0.05, 0) is 6.42 Å². The van der Waals surface area contributed by atoms with Crippen molar-refractivity contribution in [3.8, 4) is 0 Å². The van der Waals surface area contributed by atoms with Crippen LogP contribution < -0.4 is 0 Å². The Kier molecular flexibility index (Phi) is 19.6. The van der Waals surface area contributed by atoms with Crippen molar-refractivity contribution in [1.29, 1.82) is 0 Å². The van der Waals surface area contributed by atoms with Crippen molar-refractivity contribution >= 4 is 12.6 Å². The molecule has 0 heterocycles. The van der Waals surface area contributed by atoms with Crippen LogP contribution in [-0.2, 0) is 0 Å². The van der Waals surface area contributed by atoms with Gasteiger partial charge < -0.3 is 5.11 Å². The highest BCUT2D eigenvalue weighted by Gasteiger charge is 2.00. The Morgan fingerprint density at radius 1 is 0.591 bits per heavy atom. The fourth-order valence-electron chi connectivity index (χ4n) is 3.02. The van der Waals surface area contributed by atoms with E-state index in [-0.39, 0.29) is 6.10 Å². The molecule has 0 saturated carbocycles. The summed E-state index contributed by atoms with van der Waals surface area (Å²) in [7, 11) is 0. The van der Waals surface area contributed by atoms with Gasteiger partial charge in [0.25, 0.3) is 0 Å². The molecule has 1 nitrogen and oxygen atoms in total. The highest BCUT2D eigenvalue weighted by atomic mass is 32.1. The van der Waals surface area contributed by atoms with Crippen LogP contribution in [0.5, 0.6) is 0 Å². The minimum atomic E-state index is -0.185. The van der Waals surface area contributed by atoms with Crippen molar-refractivity contribution in [3.05, 3.63) is 0 Å². The molecule has 0 aliphatic heterocycles. The summed E-state index contributed by atoms with van der Waals surface area (Å²) in [4.78, 5) is 0. The fourth-order valence-corrected chi connectivity index (χ4v) is 3.20. The summed E-state index contributed by atoms with van der Waals surface area (Å²) in [5.41, 5.74) is 0. The SMILES string of the molecule is CCCCCCCCCCCCCCCCCCC(O)CS. The first-order chi connectivity index (χ1) is 10.8. The smallest absolute Gasteiger partial charge is 0.0628 e. The van der Waals surface area contributed by atoms with Crippen molar-refractivity contribution in [2.45, 2.75) is 122 Å². The second kappa shape index (κ2) is 19.4. The number of hydrogen-bond donors (Lipinski definition) is 2. The summed E-state index contributed by atoms with van der Waals surface area (Å²) >= 11 is 4.10. The Morgan fingerprint density at radius 3 is 1.23 bits per heavy atom. The molecule has 0 bridgehead atoms. The lowest BCUT2D eigenvalue weighted by Crippen LogP contribution is -2.07. The van der Waals surface area contributed by atoms with Crippen LogP contribution in [0.3, 0.4) is 0 Å². The molecule has 0 aliphatic carbocycles. The standard InChI is InChI=1S/C20H42OS/c1-2-3-4-5-6-7-8-9-10-11-12-13-14-15-16-17-18-20(21)19-22/h20-22H,2-19H2,1H3. The highest BCUT2D eigenvalue weighted by Crippen LogP contribution is 2.14. The third-order valence-corrected chi connectivity index (χ3v) is 5.02. The Morgan fingerprint density at radius 2 is 0.909 bits per heavy atom. The predicted octanol–water partition coefficient (Wildman–Crippen LogP) is 6.93. The van der Waals surface area contributed by atoms with Gasteiger partial charge in [0.05, 0.1) is 6.10 Å². The minimum Gasteiger partial charge on any atom is -0.392 e. The second-order valence-electron chi connectivity index (χ2n) is 6.93. The van der Waals surface area contributed by atoms with E-state index in [1.54, 1.807) is 0 Å². The zero-order chi connectivity index (χ0) is 16.3. The average molecular weight is 331 g/mol. The number of aliphatic hydroxyl groups is 1. The van der Waals surface area contributed by atoms with Crippen LogP contribution in [0.2, 0.25) is 0 Å². The van der Waals surface area contributed by atoms with Crippen LogP contribution in [0.4, 0.5) is 0 Å². The van der Waals surface area contributed by atoms with E-state index in [0.29, 0.717) is 5.75 Å². The topological polar surface area (TPSA) is 20.2 Å². The van der Waals surface area contributed by atoms with Gasteiger partial charge in [-0.25, -0.2) is 0 Å². The average Bonchev–Trinajstić information content (AvgIpc) is 2.54. The van der Waals surface area contributed by atoms with Gasteiger partial charge in [0, 0.05) is 5.75 Å². The van der Waals surface area contributed by atoms with Gasteiger partial charge >= 0.3 is 0 Å². The van der Waals surface area contributed by atoms with E-state index in [4.69, 9.17) is 0 Å². The zero-order valence-corrected chi connectivity index (χ0v) is 16.1. The molecule has 0 fully saturated rings. The first kappa shape index (κ1) is 22.3. The predicted molar refractivity (Wildman–Crippen MR) is 104 cm³/mol. The quantitative estimate of drug-likeness (QED) is 0.206. The molecule has 0 aromatic rings. The van der Waals surface area contributed by atoms with Gasteiger partial charge in [0.15, 0.2) is 0 Å². The zero-order valence-electron chi connectivity index (χ0n) is 15.2. The van der Waals surface area contributed by atoms with Crippen molar-refractivity contribution in [1.82, 2.24) is 0 Å².